The second kappa shape index (κ2) is 8.73. The Morgan fingerprint density at radius 3 is 2.54 bits per heavy atom. The van der Waals surface area contributed by atoms with Gasteiger partial charge in [-0.2, -0.15) is 0 Å². The molecule has 5 heteroatoms. The van der Waals surface area contributed by atoms with Gasteiger partial charge in [-0.05, 0) is 89.1 Å². The zero-order valence-corrected chi connectivity index (χ0v) is 18.2. The van der Waals surface area contributed by atoms with Crippen molar-refractivity contribution in [2.45, 2.75) is 64.5 Å². The highest BCUT2D eigenvalue weighted by Gasteiger charge is 2.29. The van der Waals surface area contributed by atoms with E-state index in [0.717, 1.165) is 51.1 Å². The number of fused-ring (bicyclic) bond motifs is 1. The van der Waals surface area contributed by atoms with Crippen molar-refractivity contribution in [2.75, 3.05) is 33.8 Å². The molecular weight excluding hydrogens is 352 g/mol. The molecule has 1 unspecified atom stereocenters. The Kier molecular flexibility index (Phi) is 6.54. The van der Waals surface area contributed by atoms with Gasteiger partial charge in [0.1, 0.15) is 11.4 Å². The predicted octanol–water partition coefficient (Wildman–Crippen LogP) is 4.13. The summed E-state index contributed by atoms with van der Waals surface area (Å²) in [5, 5.41) is 0. The van der Waals surface area contributed by atoms with E-state index in [2.05, 4.69) is 30.1 Å². The van der Waals surface area contributed by atoms with E-state index in [4.69, 9.17) is 9.47 Å². The van der Waals surface area contributed by atoms with Gasteiger partial charge in [0, 0.05) is 25.7 Å². The van der Waals surface area contributed by atoms with Crippen LogP contribution in [-0.4, -0.2) is 61.3 Å². The number of hydrogen-bond acceptors (Lipinski definition) is 4. The lowest BCUT2D eigenvalue weighted by Gasteiger charge is -2.38. The van der Waals surface area contributed by atoms with Gasteiger partial charge in [-0.15, -0.1) is 0 Å². The Hall–Kier alpha value is -1.75. The SMILES string of the molecule is COc1ccc2c(c1)CC(N(C)CC1CCN(C(=O)OC(C)(C)C)CC1)CC2. The fraction of sp³-hybridized carbons (Fsp3) is 0.696. The lowest BCUT2D eigenvalue weighted by Crippen LogP contribution is -2.45. The molecule has 1 saturated heterocycles. The summed E-state index contributed by atoms with van der Waals surface area (Å²) < 4.78 is 10.9. The van der Waals surface area contributed by atoms with Crippen molar-refractivity contribution in [3.63, 3.8) is 0 Å². The van der Waals surface area contributed by atoms with Crippen LogP contribution < -0.4 is 4.74 Å². The number of piperidine rings is 1. The van der Waals surface area contributed by atoms with Crippen LogP contribution in [0.1, 0.15) is 51.2 Å². The maximum Gasteiger partial charge on any atom is 0.410 e. The molecule has 1 heterocycles. The lowest BCUT2D eigenvalue weighted by atomic mass is 9.86. The Bertz CT molecular complexity index is 675. The minimum Gasteiger partial charge on any atom is -0.497 e. The number of likely N-dealkylation sites (tertiary alicyclic amines) is 1. The van der Waals surface area contributed by atoms with Crippen LogP contribution in [0.25, 0.3) is 0 Å². The molecule has 1 aromatic carbocycles. The van der Waals surface area contributed by atoms with Gasteiger partial charge in [-0.1, -0.05) is 6.07 Å². The summed E-state index contributed by atoms with van der Waals surface area (Å²) >= 11 is 0. The van der Waals surface area contributed by atoms with Crippen molar-refractivity contribution < 1.29 is 14.3 Å². The quantitative estimate of drug-likeness (QED) is 0.778. The summed E-state index contributed by atoms with van der Waals surface area (Å²) in [6, 6.07) is 7.08. The molecule has 0 spiro atoms. The van der Waals surface area contributed by atoms with Gasteiger partial charge in [-0.3, -0.25) is 0 Å². The fourth-order valence-corrected chi connectivity index (χ4v) is 4.40. The number of ether oxygens (including phenoxy) is 2. The van der Waals surface area contributed by atoms with Gasteiger partial charge in [0.2, 0.25) is 0 Å². The Morgan fingerprint density at radius 1 is 1.18 bits per heavy atom. The molecule has 0 N–H and O–H groups in total. The molecule has 1 aromatic rings. The minimum atomic E-state index is -0.423. The Morgan fingerprint density at radius 2 is 1.89 bits per heavy atom. The second-order valence-corrected chi connectivity index (χ2v) is 9.38. The summed E-state index contributed by atoms with van der Waals surface area (Å²) in [6.45, 7) is 8.47. The maximum absolute atomic E-state index is 12.2. The summed E-state index contributed by atoms with van der Waals surface area (Å²) in [4.78, 5) is 16.6. The number of aryl methyl sites for hydroxylation is 1. The van der Waals surface area contributed by atoms with Gasteiger partial charge < -0.3 is 19.3 Å². The van der Waals surface area contributed by atoms with Crippen LogP contribution in [0.2, 0.25) is 0 Å². The standard InChI is InChI=1S/C23H36N2O3/c1-23(2,3)28-22(26)25-12-10-17(11-13-25)16-24(4)20-8-6-18-7-9-21(27-5)15-19(18)14-20/h7,9,15,17,20H,6,8,10-14,16H2,1-5H3. The van der Waals surface area contributed by atoms with Crippen LogP contribution in [-0.2, 0) is 17.6 Å². The predicted molar refractivity (Wildman–Crippen MR) is 112 cm³/mol. The highest BCUT2D eigenvalue weighted by molar-refractivity contribution is 5.68. The average Bonchev–Trinajstić information content (AvgIpc) is 2.66. The first-order valence-corrected chi connectivity index (χ1v) is 10.6. The minimum absolute atomic E-state index is 0.169. The van der Waals surface area contributed by atoms with Gasteiger partial charge in [0.25, 0.3) is 0 Å². The van der Waals surface area contributed by atoms with Crippen molar-refractivity contribution in [2.24, 2.45) is 5.92 Å². The van der Waals surface area contributed by atoms with Crippen molar-refractivity contribution in [3.8, 4) is 5.75 Å². The summed E-state index contributed by atoms with van der Waals surface area (Å²) in [5.74, 6) is 1.60. The van der Waals surface area contributed by atoms with Crippen molar-refractivity contribution in [1.29, 1.82) is 0 Å². The van der Waals surface area contributed by atoms with E-state index in [1.165, 1.54) is 17.5 Å². The fourth-order valence-electron chi connectivity index (χ4n) is 4.40. The molecule has 1 atom stereocenters. The van der Waals surface area contributed by atoms with Crippen LogP contribution >= 0.6 is 0 Å². The molecule has 156 valence electrons. The average molecular weight is 389 g/mol. The van der Waals surface area contributed by atoms with Crippen LogP contribution in [0, 0.1) is 5.92 Å². The van der Waals surface area contributed by atoms with Gasteiger partial charge in [0.15, 0.2) is 0 Å². The first kappa shape index (κ1) is 21.0. The van der Waals surface area contributed by atoms with Crippen molar-refractivity contribution >= 4 is 6.09 Å². The van der Waals surface area contributed by atoms with E-state index < -0.39 is 5.60 Å². The summed E-state index contributed by atoms with van der Waals surface area (Å²) in [7, 11) is 3.99. The van der Waals surface area contributed by atoms with E-state index in [1.54, 1.807) is 7.11 Å². The number of hydrogen-bond donors (Lipinski definition) is 0. The number of benzene rings is 1. The topological polar surface area (TPSA) is 42.0 Å². The van der Waals surface area contributed by atoms with Gasteiger partial charge in [-0.25, -0.2) is 4.79 Å². The molecule has 1 aliphatic carbocycles. The van der Waals surface area contributed by atoms with Crippen LogP contribution in [0.4, 0.5) is 4.79 Å². The van der Waals surface area contributed by atoms with Crippen LogP contribution in [0.5, 0.6) is 5.75 Å². The molecule has 1 amide bonds. The zero-order valence-electron chi connectivity index (χ0n) is 18.2. The van der Waals surface area contributed by atoms with Gasteiger partial charge >= 0.3 is 6.09 Å². The number of methoxy groups -OCH3 is 1. The molecule has 1 aliphatic heterocycles. The number of carbonyl (C=O) groups excluding carboxylic acids is 1. The smallest absolute Gasteiger partial charge is 0.410 e. The highest BCUT2D eigenvalue weighted by Crippen LogP contribution is 2.29. The van der Waals surface area contributed by atoms with Crippen molar-refractivity contribution in [1.82, 2.24) is 9.80 Å². The Labute approximate surface area is 170 Å². The monoisotopic (exact) mass is 388 g/mol. The van der Waals surface area contributed by atoms with Crippen molar-refractivity contribution in [3.05, 3.63) is 29.3 Å². The molecule has 1 fully saturated rings. The number of carbonyl (C=O) groups is 1. The third-order valence-electron chi connectivity index (χ3n) is 6.05. The number of rotatable bonds is 4. The van der Waals surface area contributed by atoms with Crippen LogP contribution in [0.15, 0.2) is 18.2 Å². The molecule has 0 bridgehead atoms. The molecule has 0 aromatic heterocycles. The number of amides is 1. The third kappa shape index (κ3) is 5.40. The van der Waals surface area contributed by atoms with E-state index in [1.807, 2.05) is 25.7 Å². The highest BCUT2D eigenvalue weighted by atomic mass is 16.6. The summed E-state index contributed by atoms with van der Waals surface area (Å²) in [6.07, 6.45) is 5.40. The lowest BCUT2D eigenvalue weighted by molar-refractivity contribution is 0.0166. The molecular formula is C23H36N2O3. The second-order valence-electron chi connectivity index (χ2n) is 9.38. The first-order chi connectivity index (χ1) is 13.2. The number of nitrogens with zero attached hydrogens (tertiary/aromatic N) is 2. The third-order valence-corrected chi connectivity index (χ3v) is 6.05. The van der Waals surface area contributed by atoms with Crippen LogP contribution in [0.3, 0.4) is 0 Å². The maximum atomic E-state index is 12.2. The van der Waals surface area contributed by atoms with E-state index >= 15 is 0 Å². The number of likely N-dealkylation sites (N-methyl/N-ethyl adjacent to an activating group) is 1. The molecule has 0 radical (unpaired) electrons. The van der Waals surface area contributed by atoms with E-state index in [9.17, 15) is 4.79 Å². The Balaban J connectivity index is 1.48. The normalized spacial score (nSPS) is 20.8. The van der Waals surface area contributed by atoms with E-state index in [0.29, 0.717) is 12.0 Å². The summed E-state index contributed by atoms with van der Waals surface area (Å²) in [5.41, 5.74) is 2.48. The molecule has 5 nitrogen and oxygen atoms in total. The first-order valence-electron chi connectivity index (χ1n) is 10.6. The van der Waals surface area contributed by atoms with Gasteiger partial charge in [0.05, 0.1) is 7.11 Å². The molecule has 0 saturated carbocycles. The largest absolute Gasteiger partial charge is 0.497 e. The molecule has 2 aliphatic rings. The molecule has 3 rings (SSSR count). The molecule has 28 heavy (non-hydrogen) atoms. The zero-order chi connectivity index (χ0) is 20.3. The van der Waals surface area contributed by atoms with E-state index in [-0.39, 0.29) is 6.09 Å².